The fourth-order valence-corrected chi connectivity index (χ4v) is 1.12. The number of likely N-dealkylation sites (N-methyl/N-ethyl adjacent to an activating group) is 1. The van der Waals surface area contributed by atoms with E-state index in [0.717, 1.165) is 0 Å². The molecule has 14 heavy (non-hydrogen) atoms. The van der Waals surface area contributed by atoms with Gasteiger partial charge in [-0.2, -0.15) is 0 Å². The van der Waals surface area contributed by atoms with E-state index in [0.29, 0.717) is 18.1 Å². The molecule has 0 aromatic carbocycles. The van der Waals surface area contributed by atoms with Crippen LogP contribution in [0.2, 0.25) is 0 Å². The van der Waals surface area contributed by atoms with Crippen LogP contribution in [-0.4, -0.2) is 39.9 Å². The number of anilines is 1. The average molecular weight is 197 g/mol. The Morgan fingerprint density at radius 2 is 2.14 bits per heavy atom. The molecular formula is C9H15N3O2. The van der Waals surface area contributed by atoms with E-state index in [1.807, 2.05) is 7.05 Å². The summed E-state index contributed by atoms with van der Waals surface area (Å²) in [6.07, 6.45) is 2.70. The Morgan fingerprint density at radius 3 is 2.57 bits per heavy atom. The molecule has 0 aliphatic rings. The molecule has 0 fully saturated rings. The third-order valence-electron chi connectivity index (χ3n) is 1.78. The van der Waals surface area contributed by atoms with Gasteiger partial charge in [0, 0.05) is 13.6 Å². The number of aliphatic hydroxyl groups excluding tert-OH is 2. The summed E-state index contributed by atoms with van der Waals surface area (Å²) >= 11 is 0. The first kappa shape index (κ1) is 10.9. The highest BCUT2D eigenvalue weighted by atomic mass is 16.3. The molecule has 1 aromatic rings. The number of aliphatic hydroxyl groups is 2. The van der Waals surface area contributed by atoms with Crippen LogP contribution >= 0.6 is 0 Å². The third kappa shape index (κ3) is 2.93. The van der Waals surface area contributed by atoms with Gasteiger partial charge in [0.1, 0.15) is 5.82 Å². The molecule has 0 aliphatic heterocycles. The summed E-state index contributed by atoms with van der Waals surface area (Å²) in [7, 11) is 1.83. The van der Waals surface area contributed by atoms with Crippen LogP contribution in [0.25, 0.3) is 0 Å². The highest BCUT2D eigenvalue weighted by molar-refractivity contribution is 5.34. The van der Waals surface area contributed by atoms with Crippen molar-refractivity contribution in [1.29, 1.82) is 0 Å². The molecule has 0 radical (unpaired) electrons. The molecule has 1 atom stereocenters. The molecule has 0 aliphatic carbocycles. The molecule has 5 nitrogen and oxygen atoms in total. The van der Waals surface area contributed by atoms with Crippen LogP contribution in [0.15, 0.2) is 12.4 Å². The highest BCUT2D eigenvalue weighted by Crippen LogP contribution is 2.06. The summed E-state index contributed by atoms with van der Waals surface area (Å²) in [6, 6.07) is 0. The highest BCUT2D eigenvalue weighted by Gasteiger charge is 2.05. The van der Waals surface area contributed by atoms with E-state index in [1.165, 1.54) is 6.20 Å². The lowest BCUT2D eigenvalue weighted by Crippen LogP contribution is -2.27. The van der Waals surface area contributed by atoms with E-state index >= 15 is 0 Å². The molecule has 1 heterocycles. The fourth-order valence-electron chi connectivity index (χ4n) is 1.12. The number of rotatable bonds is 4. The van der Waals surface area contributed by atoms with Gasteiger partial charge in [-0.1, -0.05) is 0 Å². The summed E-state index contributed by atoms with van der Waals surface area (Å²) in [5.41, 5.74) is 0.541. The molecule has 0 saturated heterocycles. The largest absolute Gasteiger partial charge is 0.392 e. The lowest BCUT2D eigenvalue weighted by atomic mass is 10.4. The maximum Gasteiger partial charge on any atom is 0.146 e. The monoisotopic (exact) mass is 197 g/mol. The van der Waals surface area contributed by atoms with Crippen molar-refractivity contribution < 1.29 is 10.2 Å². The maximum absolute atomic E-state index is 9.16. The molecule has 0 amide bonds. The van der Waals surface area contributed by atoms with Crippen LogP contribution in [0.1, 0.15) is 12.6 Å². The zero-order valence-electron chi connectivity index (χ0n) is 8.38. The maximum atomic E-state index is 9.16. The number of hydrogen-bond donors (Lipinski definition) is 2. The van der Waals surface area contributed by atoms with Gasteiger partial charge < -0.3 is 15.1 Å². The Morgan fingerprint density at radius 1 is 1.43 bits per heavy atom. The normalized spacial score (nSPS) is 12.6. The molecule has 2 N–H and O–H groups in total. The SMILES string of the molecule is CC(O)CN(C)c1cnc(CO)cn1. The van der Waals surface area contributed by atoms with Gasteiger partial charge in [0.05, 0.1) is 30.8 Å². The van der Waals surface area contributed by atoms with Gasteiger partial charge in [-0.25, -0.2) is 4.98 Å². The molecule has 0 spiro atoms. The standard InChI is InChI=1S/C9H15N3O2/c1-7(14)5-12(2)9-4-10-8(6-13)3-11-9/h3-4,7,13-14H,5-6H2,1-2H3. The molecule has 0 saturated carbocycles. The molecule has 1 rings (SSSR count). The molecule has 1 unspecified atom stereocenters. The minimum absolute atomic E-state index is 0.104. The summed E-state index contributed by atoms with van der Waals surface area (Å²) in [5, 5.41) is 17.9. The molecular weight excluding hydrogens is 182 g/mol. The van der Waals surface area contributed by atoms with Crippen molar-refractivity contribution in [1.82, 2.24) is 9.97 Å². The van der Waals surface area contributed by atoms with Crippen molar-refractivity contribution >= 4 is 5.82 Å². The Labute approximate surface area is 83.0 Å². The second-order valence-corrected chi connectivity index (χ2v) is 3.25. The van der Waals surface area contributed by atoms with E-state index in [4.69, 9.17) is 10.2 Å². The smallest absolute Gasteiger partial charge is 0.146 e. The zero-order valence-corrected chi connectivity index (χ0v) is 8.38. The van der Waals surface area contributed by atoms with Crippen LogP contribution < -0.4 is 4.90 Å². The van der Waals surface area contributed by atoms with Crippen molar-refractivity contribution in [2.24, 2.45) is 0 Å². The van der Waals surface area contributed by atoms with Crippen molar-refractivity contribution in [2.75, 3.05) is 18.5 Å². The summed E-state index contributed by atoms with van der Waals surface area (Å²) in [5.74, 6) is 0.683. The van der Waals surface area contributed by atoms with Gasteiger partial charge >= 0.3 is 0 Å². The van der Waals surface area contributed by atoms with Gasteiger partial charge in [0.2, 0.25) is 0 Å². The molecule has 5 heteroatoms. The lowest BCUT2D eigenvalue weighted by molar-refractivity contribution is 0.201. The molecule has 78 valence electrons. The van der Waals surface area contributed by atoms with Gasteiger partial charge in [0.15, 0.2) is 0 Å². The van der Waals surface area contributed by atoms with E-state index in [1.54, 1.807) is 18.0 Å². The van der Waals surface area contributed by atoms with E-state index in [-0.39, 0.29) is 6.61 Å². The first-order chi connectivity index (χ1) is 6.63. The first-order valence-corrected chi connectivity index (χ1v) is 4.44. The van der Waals surface area contributed by atoms with Gasteiger partial charge in [-0.3, -0.25) is 4.98 Å². The van der Waals surface area contributed by atoms with Crippen molar-refractivity contribution in [3.63, 3.8) is 0 Å². The van der Waals surface area contributed by atoms with E-state index in [2.05, 4.69) is 9.97 Å². The van der Waals surface area contributed by atoms with Gasteiger partial charge in [-0.05, 0) is 6.92 Å². The van der Waals surface area contributed by atoms with Crippen LogP contribution in [0.3, 0.4) is 0 Å². The number of nitrogens with zero attached hydrogens (tertiary/aromatic N) is 3. The van der Waals surface area contributed by atoms with Gasteiger partial charge in [-0.15, -0.1) is 0 Å². The molecule has 0 bridgehead atoms. The third-order valence-corrected chi connectivity index (χ3v) is 1.78. The lowest BCUT2D eigenvalue weighted by Gasteiger charge is -2.19. The second kappa shape index (κ2) is 4.88. The van der Waals surface area contributed by atoms with Crippen LogP contribution in [0, 0.1) is 0 Å². The van der Waals surface area contributed by atoms with Crippen molar-refractivity contribution in [3.05, 3.63) is 18.1 Å². The molecule has 1 aromatic heterocycles. The minimum atomic E-state index is -0.403. The van der Waals surface area contributed by atoms with Gasteiger partial charge in [0.25, 0.3) is 0 Å². The topological polar surface area (TPSA) is 69.5 Å². The van der Waals surface area contributed by atoms with E-state index < -0.39 is 6.10 Å². The van der Waals surface area contributed by atoms with Crippen LogP contribution in [0.4, 0.5) is 5.82 Å². The Balaban J connectivity index is 2.66. The minimum Gasteiger partial charge on any atom is -0.392 e. The van der Waals surface area contributed by atoms with Crippen LogP contribution in [-0.2, 0) is 6.61 Å². The Hall–Kier alpha value is -1.20. The first-order valence-electron chi connectivity index (χ1n) is 4.44. The van der Waals surface area contributed by atoms with E-state index in [9.17, 15) is 0 Å². The van der Waals surface area contributed by atoms with Crippen molar-refractivity contribution in [3.8, 4) is 0 Å². The summed E-state index contributed by atoms with van der Waals surface area (Å²) in [6.45, 7) is 2.12. The number of hydrogen-bond acceptors (Lipinski definition) is 5. The summed E-state index contributed by atoms with van der Waals surface area (Å²) in [4.78, 5) is 9.89. The zero-order chi connectivity index (χ0) is 10.6. The Kier molecular flexibility index (Phi) is 3.79. The fraction of sp³-hybridized carbons (Fsp3) is 0.556. The predicted octanol–water partition coefficient (Wildman–Crippen LogP) is -0.214. The quantitative estimate of drug-likeness (QED) is 0.698. The summed E-state index contributed by atoms with van der Waals surface area (Å²) < 4.78 is 0. The van der Waals surface area contributed by atoms with Crippen molar-refractivity contribution in [2.45, 2.75) is 19.6 Å². The average Bonchev–Trinajstić information content (AvgIpc) is 2.17. The second-order valence-electron chi connectivity index (χ2n) is 3.25. The van der Waals surface area contributed by atoms with Crippen LogP contribution in [0.5, 0.6) is 0 Å². The Bertz CT molecular complexity index is 274. The predicted molar refractivity (Wildman–Crippen MR) is 52.9 cm³/mol. The number of aromatic nitrogens is 2.